The molecule has 0 saturated heterocycles. The first-order valence-corrected chi connectivity index (χ1v) is 6.68. The Hall–Kier alpha value is -1.03. The van der Waals surface area contributed by atoms with Crippen LogP contribution in [-0.2, 0) is 4.79 Å². The van der Waals surface area contributed by atoms with Gasteiger partial charge in [0, 0.05) is 16.2 Å². The standard InChI is InChI=1S/C13H17BrN2O/c1-8-3-4-11(7-12(8)14)15-9(2)13(17)16-10-5-6-10/h3-4,7,9-10,15H,5-6H2,1-2H3,(H,16,17). The van der Waals surface area contributed by atoms with Crippen molar-refractivity contribution >= 4 is 27.5 Å². The van der Waals surface area contributed by atoms with Crippen molar-refractivity contribution in [2.24, 2.45) is 0 Å². The number of benzene rings is 1. The zero-order valence-electron chi connectivity index (χ0n) is 10.1. The number of hydrogen-bond acceptors (Lipinski definition) is 2. The number of carbonyl (C=O) groups excluding carboxylic acids is 1. The normalized spacial score (nSPS) is 16.4. The van der Waals surface area contributed by atoms with Crippen molar-refractivity contribution in [2.45, 2.75) is 38.8 Å². The predicted molar refractivity (Wildman–Crippen MR) is 73.1 cm³/mol. The maximum Gasteiger partial charge on any atom is 0.242 e. The second-order valence-corrected chi connectivity index (χ2v) is 5.47. The van der Waals surface area contributed by atoms with E-state index in [0.717, 1.165) is 23.0 Å². The summed E-state index contributed by atoms with van der Waals surface area (Å²) >= 11 is 3.48. The quantitative estimate of drug-likeness (QED) is 0.897. The van der Waals surface area contributed by atoms with Crippen LogP contribution in [0.15, 0.2) is 22.7 Å². The first-order valence-electron chi connectivity index (χ1n) is 5.89. The zero-order chi connectivity index (χ0) is 12.4. The van der Waals surface area contributed by atoms with Gasteiger partial charge in [-0.1, -0.05) is 22.0 Å². The fraction of sp³-hybridized carbons (Fsp3) is 0.462. The third kappa shape index (κ3) is 3.46. The number of amides is 1. The lowest BCUT2D eigenvalue weighted by Crippen LogP contribution is -2.38. The summed E-state index contributed by atoms with van der Waals surface area (Å²) in [6.45, 7) is 3.92. The van der Waals surface area contributed by atoms with E-state index in [1.165, 1.54) is 5.56 Å². The van der Waals surface area contributed by atoms with Gasteiger partial charge >= 0.3 is 0 Å². The van der Waals surface area contributed by atoms with E-state index in [9.17, 15) is 4.79 Å². The van der Waals surface area contributed by atoms with Crippen LogP contribution in [0, 0.1) is 6.92 Å². The maximum atomic E-state index is 11.8. The van der Waals surface area contributed by atoms with Crippen LogP contribution in [0.1, 0.15) is 25.3 Å². The van der Waals surface area contributed by atoms with Crippen molar-refractivity contribution in [2.75, 3.05) is 5.32 Å². The maximum absolute atomic E-state index is 11.8. The lowest BCUT2D eigenvalue weighted by molar-refractivity contribution is -0.121. The van der Waals surface area contributed by atoms with E-state index < -0.39 is 0 Å². The predicted octanol–water partition coefficient (Wildman–Crippen LogP) is 2.84. The summed E-state index contributed by atoms with van der Waals surface area (Å²) < 4.78 is 1.05. The number of anilines is 1. The third-order valence-electron chi connectivity index (χ3n) is 2.87. The van der Waals surface area contributed by atoms with E-state index in [1.54, 1.807) is 0 Å². The van der Waals surface area contributed by atoms with Crippen LogP contribution in [0.3, 0.4) is 0 Å². The van der Waals surface area contributed by atoms with Crippen molar-refractivity contribution in [1.82, 2.24) is 5.32 Å². The Kier molecular flexibility index (Phi) is 3.72. The smallest absolute Gasteiger partial charge is 0.242 e. The van der Waals surface area contributed by atoms with Crippen molar-refractivity contribution in [3.05, 3.63) is 28.2 Å². The topological polar surface area (TPSA) is 41.1 Å². The van der Waals surface area contributed by atoms with Gasteiger partial charge in [0.15, 0.2) is 0 Å². The lowest BCUT2D eigenvalue weighted by atomic mass is 10.2. The van der Waals surface area contributed by atoms with Crippen LogP contribution in [0.4, 0.5) is 5.69 Å². The van der Waals surface area contributed by atoms with Crippen molar-refractivity contribution in [3.63, 3.8) is 0 Å². The summed E-state index contributed by atoms with van der Waals surface area (Å²) in [7, 11) is 0. The second kappa shape index (κ2) is 5.08. The van der Waals surface area contributed by atoms with Crippen LogP contribution in [0.25, 0.3) is 0 Å². The highest BCUT2D eigenvalue weighted by atomic mass is 79.9. The number of carbonyl (C=O) groups is 1. The molecule has 1 saturated carbocycles. The van der Waals surface area contributed by atoms with Crippen molar-refractivity contribution in [3.8, 4) is 0 Å². The zero-order valence-corrected chi connectivity index (χ0v) is 11.7. The molecule has 1 amide bonds. The van der Waals surface area contributed by atoms with Crippen molar-refractivity contribution < 1.29 is 4.79 Å². The molecule has 0 aliphatic heterocycles. The summed E-state index contributed by atoms with van der Waals surface area (Å²) in [5.74, 6) is 0.0733. The highest BCUT2D eigenvalue weighted by molar-refractivity contribution is 9.10. The van der Waals surface area contributed by atoms with Crippen LogP contribution in [-0.4, -0.2) is 18.0 Å². The number of hydrogen-bond donors (Lipinski definition) is 2. The summed E-state index contributed by atoms with van der Waals surface area (Å²) in [6, 6.07) is 6.22. The number of nitrogens with one attached hydrogen (secondary N) is 2. The van der Waals surface area contributed by atoms with E-state index in [-0.39, 0.29) is 11.9 Å². The second-order valence-electron chi connectivity index (χ2n) is 4.61. The molecule has 1 unspecified atom stereocenters. The van der Waals surface area contributed by atoms with E-state index >= 15 is 0 Å². The first-order chi connectivity index (χ1) is 8.06. The van der Waals surface area contributed by atoms with Crippen molar-refractivity contribution in [1.29, 1.82) is 0 Å². The van der Waals surface area contributed by atoms with Gasteiger partial charge in [0.2, 0.25) is 5.91 Å². The summed E-state index contributed by atoms with van der Waals surface area (Å²) in [5, 5.41) is 6.19. The molecule has 17 heavy (non-hydrogen) atoms. The molecule has 1 aliphatic carbocycles. The van der Waals surface area contributed by atoms with E-state index in [0.29, 0.717) is 6.04 Å². The molecule has 3 nitrogen and oxygen atoms in total. The van der Waals surface area contributed by atoms with Gasteiger partial charge in [-0.2, -0.15) is 0 Å². The van der Waals surface area contributed by atoms with Gasteiger partial charge in [0.1, 0.15) is 6.04 Å². The van der Waals surface area contributed by atoms with E-state index in [1.807, 2.05) is 32.0 Å². The molecule has 4 heteroatoms. The summed E-state index contributed by atoms with van der Waals surface area (Å²) in [4.78, 5) is 11.8. The van der Waals surface area contributed by atoms with Gasteiger partial charge < -0.3 is 10.6 Å². The van der Waals surface area contributed by atoms with Crippen LogP contribution >= 0.6 is 15.9 Å². The Labute approximate surface area is 110 Å². The molecular weight excluding hydrogens is 280 g/mol. The van der Waals surface area contributed by atoms with Gasteiger partial charge in [-0.3, -0.25) is 4.79 Å². The monoisotopic (exact) mass is 296 g/mol. The molecule has 0 heterocycles. The number of aryl methyl sites for hydroxylation is 1. The molecule has 1 atom stereocenters. The van der Waals surface area contributed by atoms with Gasteiger partial charge in [-0.15, -0.1) is 0 Å². The minimum Gasteiger partial charge on any atom is -0.374 e. The minimum absolute atomic E-state index is 0.0733. The summed E-state index contributed by atoms with van der Waals surface area (Å²) in [6.07, 6.45) is 2.24. The molecule has 0 aromatic heterocycles. The molecule has 1 fully saturated rings. The molecule has 2 N–H and O–H groups in total. The Morgan fingerprint density at radius 1 is 1.47 bits per heavy atom. The first kappa shape index (κ1) is 12.4. The lowest BCUT2D eigenvalue weighted by Gasteiger charge is -2.15. The van der Waals surface area contributed by atoms with Crippen LogP contribution in [0.2, 0.25) is 0 Å². The molecule has 1 aromatic carbocycles. The largest absolute Gasteiger partial charge is 0.374 e. The molecule has 2 rings (SSSR count). The number of halogens is 1. The van der Waals surface area contributed by atoms with Gasteiger partial charge in [-0.25, -0.2) is 0 Å². The molecular formula is C13H17BrN2O. The summed E-state index contributed by atoms with van der Waals surface area (Å²) in [5.41, 5.74) is 2.14. The molecule has 0 radical (unpaired) electrons. The highest BCUT2D eigenvalue weighted by Crippen LogP contribution is 2.22. The van der Waals surface area contributed by atoms with Gasteiger partial charge in [0.25, 0.3) is 0 Å². The van der Waals surface area contributed by atoms with Gasteiger partial charge in [-0.05, 0) is 44.4 Å². The highest BCUT2D eigenvalue weighted by Gasteiger charge is 2.25. The minimum atomic E-state index is -0.204. The Balaban J connectivity index is 1.94. The fourth-order valence-corrected chi connectivity index (χ4v) is 1.93. The Bertz CT molecular complexity index is 429. The number of rotatable bonds is 4. The molecule has 92 valence electrons. The molecule has 1 aromatic rings. The third-order valence-corrected chi connectivity index (χ3v) is 3.73. The van der Waals surface area contributed by atoms with Gasteiger partial charge in [0.05, 0.1) is 0 Å². The SMILES string of the molecule is Cc1ccc(NC(C)C(=O)NC2CC2)cc1Br. The van der Waals surface area contributed by atoms with E-state index in [4.69, 9.17) is 0 Å². The fourth-order valence-electron chi connectivity index (χ4n) is 1.55. The van der Waals surface area contributed by atoms with E-state index in [2.05, 4.69) is 26.6 Å². The van der Waals surface area contributed by atoms with Crippen LogP contribution in [0.5, 0.6) is 0 Å². The Morgan fingerprint density at radius 3 is 2.76 bits per heavy atom. The molecule has 0 bridgehead atoms. The van der Waals surface area contributed by atoms with Crippen LogP contribution < -0.4 is 10.6 Å². The average Bonchev–Trinajstić information content (AvgIpc) is 3.07. The average molecular weight is 297 g/mol. The Morgan fingerprint density at radius 2 is 2.18 bits per heavy atom. The molecule has 1 aliphatic rings. The molecule has 0 spiro atoms.